The van der Waals surface area contributed by atoms with E-state index < -0.39 is 0 Å². The van der Waals surface area contributed by atoms with Crippen LogP contribution in [-0.2, 0) is 16.1 Å². The van der Waals surface area contributed by atoms with Crippen LogP contribution < -0.4 is 5.32 Å². The molecule has 1 aromatic rings. The van der Waals surface area contributed by atoms with Crippen LogP contribution in [0.2, 0.25) is 0 Å². The van der Waals surface area contributed by atoms with Crippen molar-refractivity contribution in [3.8, 4) is 0 Å². The average molecular weight is 233 g/mol. The molecular weight excluding hydrogens is 218 g/mol. The van der Waals surface area contributed by atoms with Gasteiger partial charge in [0.25, 0.3) is 0 Å². The predicted molar refractivity (Wildman–Crippen MR) is 62.0 cm³/mol. The monoisotopic (exact) mass is 233 g/mol. The molecule has 2 heterocycles. The lowest BCUT2D eigenvalue weighted by Crippen LogP contribution is -2.34. The van der Waals surface area contributed by atoms with E-state index in [1.54, 1.807) is 17.3 Å². The van der Waals surface area contributed by atoms with E-state index in [1.807, 2.05) is 13.0 Å². The zero-order valence-electron chi connectivity index (χ0n) is 9.77. The molecule has 1 saturated heterocycles. The highest BCUT2D eigenvalue weighted by atomic mass is 16.2. The van der Waals surface area contributed by atoms with Crippen molar-refractivity contribution in [3.63, 3.8) is 0 Å². The topological polar surface area (TPSA) is 62.3 Å². The van der Waals surface area contributed by atoms with Gasteiger partial charge in [0.1, 0.15) is 0 Å². The van der Waals surface area contributed by atoms with Crippen LogP contribution in [0.15, 0.2) is 18.5 Å². The van der Waals surface area contributed by atoms with Gasteiger partial charge in [-0.3, -0.25) is 14.6 Å². The van der Waals surface area contributed by atoms with Crippen LogP contribution in [0.25, 0.3) is 0 Å². The molecule has 0 spiro atoms. The van der Waals surface area contributed by atoms with E-state index in [9.17, 15) is 9.59 Å². The third-order valence-electron chi connectivity index (χ3n) is 2.91. The van der Waals surface area contributed by atoms with Crippen molar-refractivity contribution >= 4 is 11.8 Å². The van der Waals surface area contributed by atoms with E-state index >= 15 is 0 Å². The van der Waals surface area contributed by atoms with Crippen molar-refractivity contribution in [1.82, 2.24) is 15.2 Å². The molecular formula is C12H15N3O2. The van der Waals surface area contributed by atoms with Gasteiger partial charge in [-0.1, -0.05) is 0 Å². The van der Waals surface area contributed by atoms with Crippen LogP contribution in [0, 0.1) is 6.92 Å². The highest BCUT2D eigenvalue weighted by Gasteiger charge is 2.20. The molecule has 1 aliphatic rings. The summed E-state index contributed by atoms with van der Waals surface area (Å²) in [6.45, 7) is 3.08. The number of rotatable bonds is 2. The Labute approximate surface area is 99.8 Å². The SMILES string of the molecule is Cc1ccncc1CN1CCC(=O)NCC1=O. The van der Waals surface area contributed by atoms with Gasteiger partial charge in [0.15, 0.2) is 0 Å². The van der Waals surface area contributed by atoms with E-state index in [1.165, 1.54) is 0 Å². The highest BCUT2D eigenvalue weighted by Crippen LogP contribution is 2.10. The molecule has 0 aromatic carbocycles. The van der Waals surface area contributed by atoms with Crippen LogP contribution in [0.3, 0.4) is 0 Å². The van der Waals surface area contributed by atoms with E-state index in [0.29, 0.717) is 19.5 Å². The number of hydrogen-bond acceptors (Lipinski definition) is 3. The lowest BCUT2D eigenvalue weighted by atomic mass is 10.1. The Bertz CT molecular complexity index is 445. The number of aromatic nitrogens is 1. The molecule has 0 saturated carbocycles. The number of nitrogens with zero attached hydrogens (tertiary/aromatic N) is 2. The first kappa shape index (κ1) is 11.6. The summed E-state index contributed by atoms with van der Waals surface area (Å²) in [6, 6.07) is 1.92. The quantitative estimate of drug-likeness (QED) is 0.796. The third kappa shape index (κ3) is 2.81. The molecule has 5 heteroatoms. The van der Waals surface area contributed by atoms with Crippen molar-refractivity contribution in [3.05, 3.63) is 29.6 Å². The van der Waals surface area contributed by atoms with Crippen molar-refractivity contribution < 1.29 is 9.59 Å². The Kier molecular flexibility index (Phi) is 3.37. The van der Waals surface area contributed by atoms with Crippen LogP contribution in [0.4, 0.5) is 0 Å². The number of aryl methyl sites for hydroxylation is 1. The minimum absolute atomic E-state index is 0.0425. The van der Waals surface area contributed by atoms with E-state index in [0.717, 1.165) is 11.1 Å². The third-order valence-corrected chi connectivity index (χ3v) is 2.91. The first-order valence-electron chi connectivity index (χ1n) is 5.61. The van der Waals surface area contributed by atoms with E-state index in [-0.39, 0.29) is 18.4 Å². The van der Waals surface area contributed by atoms with Gasteiger partial charge in [-0.05, 0) is 24.1 Å². The van der Waals surface area contributed by atoms with Gasteiger partial charge in [-0.15, -0.1) is 0 Å². The summed E-state index contributed by atoms with van der Waals surface area (Å²) in [4.78, 5) is 28.7. The zero-order valence-corrected chi connectivity index (χ0v) is 9.77. The minimum atomic E-state index is -0.0660. The van der Waals surface area contributed by atoms with Crippen LogP contribution >= 0.6 is 0 Å². The molecule has 17 heavy (non-hydrogen) atoms. The largest absolute Gasteiger partial charge is 0.347 e. The maximum atomic E-state index is 11.8. The lowest BCUT2D eigenvalue weighted by molar-refractivity contribution is -0.130. The molecule has 0 atom stereocenters. The highest BCUT2D eigenvalue weighted by molar-refractivity contribution is 5.87. The maximum absolute atomic E-state index is 11.8. The number of amides is 2. The number of carbonyl (C=O) groups excluding carboxylic acids is 2. The van der Waals surface area contributed by atoms with Crippen LogP contribution in [0.1, 0.15) is 17.5 Å². The Morgan fingerprint density at radius 1 is 1.47 bits per heavy atom. The van der Waals surface area contributed by atoms with Gasteiger partial charge >= 0.3 is 0 Å². The zero-order chi connectivity index (χ0) is 12.3. The summed E-state index contributed by atoms with van der Waals surface area (Å²) in [7, 11) is 0. The molecule has 1 fully saturated rings. The number of hydrogen-bond donors (Lipinski definition) is 1. The molecule has 0 unspecified atom stereocenters. The molecule has 1 N–H and O–H groups in total. The summed E-state index contributed by atoms with van der Waals surface area (Å²) >= 11 is 0. The molecule has 5 nitrogen and oxygen atoms in total. The first-order chi connectivity index (χ1) is 8.16. The lowest BCUT2D eigenvalue weighted by Gasteiger charge is -2.20. The fraction of sp³-hybridized carbons (Fsp3) is 0.417. The minimum Gasteiger partial charge on any atom is -0.347 e. The number of pyridine rings is 1. The van der Waals surface area contributed by atoms with Crippen LogP contribution in [0.5, 0.6) is 0 Å². The Morgan fingerprint density at radius 3 is 3.06 bits per heavy atom. The van der Waals surface area contributed by atoms with Gasteiger partial charge in [0.2, 0.25) is 11.8 Å². The molecule has 0 radical (unpaired) electrons. The second-order valence-electron chi connectivity index (χ2n) is 4.14. The summed E-state index contributed by atoms with van der Waals surface area (Å²) in [5.74, 6) is -0.108. The smallest absolute Gasteiger partial charge is 0.242 e. The summed E-state index contributed by atoms with van der Waals surface area (Å²) in [5.41, 5.74) is 2.13. The Balaban J connectivity index is 2.10. The predicted octanol–water partition coefficient (Wildman–Crippen LogP) is 0.239. The first-order valence-corrected chi connectivity index (χ1v) is 5.61. The Morgan fingerprint density at radius 2 is 2.29 bits per heavy atom. The van der Waals surface area contributed by atoms with Gasteiger partial charge in [-0.2, -0.15) is 0 Å². The normalized spacial score (nSPS) is 16.6. The molecule has 90 valence electrons. The van der Waals surface area contributed by atoms with E-state index in [2.05, 4.69) is 10.3 Å². The van der Waals surface area contributed by atoms with Crippen molar-refractivity contribution in [1.29, 1.82) is 0 Å². The molecule has 2 rings (SSSR count). The number of nitrogens with one attached hydrogen (secondary N) is 1. The van der Waals surface area contributed by atoms with Crippen molar-refractivity contribution in [2.75, 3.05) is 13.1 Å². The average Bonchev–Trinajstić information content (AvgIpc) is 2.47. The molecule has 1 aliphatic heterocycles. The van der Waals surface area contributed by atoms with Gasteiger partial charge in [0, 0.05) is 31.9 Å². The second-order valence-corrected chi connectivity index (χ2v) is 4.14. The fourth-order valence-electron chi connectivity index (χ4n) is 1.77. The standard InChI is InChI=1S/C12H15N3O2/c1-9-2-4-13-6-10(9)8-15-5-3-11(16)14-7-12(15)17/h2,4,6H,3,5,7-8H2,1H3,(H,14,16). The molecule has 2 amide bonds. The van der Waals surface area contributed by atoms with E-state index in [4.69, 9.17) is 0 Å². The Hall–Kier alpha value is -1.91. The van der Waals surface area contributed by atoms with Crippen molar-refractivity contribution in [2.24, 2.45) is 0 Å². The summed E-state index contributed by atoms with van der Waals surface area (Å²) < 4.78 is 0. The van der Waals surface area contributed by atoms with Crippen molar-refractivity contribution in [2.45, 2.75) is 19.9 Å². The van der Waals surface area contributed by atoms with Gasteiger partial charge < -0.3 is 10.2 Å². The summed E-state index contributed by atoms with van der Waals surface area (Å²) in [6.07, 6.45) is 3.86. The second kappa shape index (κ2) is 4.95. The maximum Gasteiger partial charge on any atom is 0.242 e. The molecule has 0 bridgehead atoms. The fourth-order valence-corrected chi connectivity index (χ4v) is 1.77. The number of carbonyl (C=O) groups is 2. The molecule has 0 aliphatic carbocycles. The van der Waals surface area contributed by atoms with Crippen LogP contribution in [-0.4, -0.2) is 34.8 Å². The summed E-state index contributed by atoms with van der Waals surface area (Å²) in [5, 5.41) is 2.58. The van der Waals surface area contributed by atoms with Gasteiger partial charge in [0.05, 0.1) is 6.54 Å². The van der Waals surface area contributed by atoms with Gasteiger partial charge in [-0.25, -0.2) is 0 Å². The molecule has 1 aromatic heterocycles.